The average molecular weight is 485 g/mol. The molecule has 1 aromatic heterocycles. The van der Waals surface area contributed by atoms with Crippen LogP contribution < -0.4 is 10.1 Å². The third kappa shape index (κ3) is 5.61. The van der Waals surface area contributed by atoms with Crippen molar-refractivity contribution in [2.24, 2.45) is 0 Å². The van der Waals surface area contributed by atoms with E-state index in [2.05, 4.69) is 10.4 Å². The van der Waals surface area contributed by atoms with Gasteiger partial charge in [-0.1, -0.05) is 24.3 Å². The second-order valence-electron chi connectivity index (χ2n) is 7.83. The summed E-state index contributed by atoms with van der Waals surface area (Å²) < 4.78 is 34.2. The standard InChI is InChI=1S/C23H24N4O6S/c1-16-5-3-7-18(11-16)27-21(13-20(25-27)23(29)26-14-22(28)24-15-26)17-6-4-8-19(12-17)32-9-10-33-34(2,30)31/h3-8,11-13H,9-10,14-15H2,1-2H3,(H,24,28). The van der Waals surface area contributed by atoms with E-state index in [4.69, 9.17) is 8.92 Å². The summed E-state index contributed by atoms with van der Waals surface area (Å²) in [4.78, 5) is 25.9. The van der Waals surface area contributed by atoms with Crippen LogP contribution in [0.3, 0.4) is 0 Å². The largest absolute Gasteiger partial charge is 0.491 e. The normalized spacial score (nSPS) is 13.7. The highest BCUT2D eigenvalue weighted by Crippen LogP contribution is 2.28. The number of hydrogen-bond acceptors (Lipinski definition) is 7. The van der Waals surface area contributed by atoms with Crippen LogP contribution in [0.5, 0.6) is 5.75 Å². The summed E-state index contributed by atoms with van der Waals surface area (Å²) in [5.74, 6) is -0.0541. The Morgan fingerprint density at radius 3 is 2.62 bits per heavy atom. The Labute approximate surface area is 197 Å². The minimum absolute atomic E-state index is 0.00958. The van der Waals surface area contributed by atoms with Crippen molar-refractivity contribution in [3.63, 3.8) is 0 Å². The lowest BCUT2D eigenvalue weighted by Crippen LogP contribution is -2.30. The summed E-state index contributed by atoms with van der Waals surface area (Å²) in [7, 11) is -3.54. The number of rotatable bonds is 8. The monoisotopic (exact) mass is 484 g/mol. The summed E-state index contributed by atoms with van der Waals surface area (Å²) in [6, 6.07) is 16.6. The maximum atomic E-state index is 13.0. The quantitative estimate of drug-likeness (QED) is 0.382. The molecule has 4 rings (SSSR count). The Hall–Kier alpha value is -3.70. The van der Waals surface area contributed by atoms with E-state index in [0.29, 0.717) is 11.4 Å². The van der Waals surface area contributed by atoms with Gasteiger partial charge in [0.2, 0.25) is 5.91 Å². The highest BCUT2D eigenvalue weighted by molar-refractivity contribution is 7.85. The molecule has 1 fully saturated rings. The van der Waals surface area contributed by atoms with Crippen molar-refractivity contribution in [3.8, 4) is 22.7 Å². The van der Waals surface area contributed by atoms with Gasteiger partial charge in [0.05, 0.1) is 24.3 Å². The summed E-state index contributed by atoms with van der Waals surface area (Å²) in [6.45, 7) is 2.04. The molecule has 0 saturated carbocycles. The fraction of sp³-hybridized carbons (Fsp3) is 0.261. The fourth-order valence-corrected chi connectivity index (χ4v) is 3.88. The smallest absolute Gasteiger partial charge is 0.276 e. The van der Waals surface area contributed by atoms with Crippen molar-refractivity contribution < 1.29 is 26.9 Å². The number of ether oxygens (including phenoxy) is 1. The van der Waals surface area contributed by atoms with Gasteiger partial charge in [0.1, 0.15) is 25.5 Å². The molecule has 0 spiro atoms. The molecule has 34 heavy (non-hydrogen) atoms. The van der Waals surface area contributed by atoms with Crippen LogP contribution in [0.15, 0.2) is 54.6 Å². The van der Waals surface area contributed by atoms with Crippen molar-refractivity contribution in [2.75, 3.05) is 32.7 Å². The van der Waals surface area contributed by atoms with E-state index in [-0.39, 0.29) is 43.9 Å². The second kappa shape index (κ2) is 9.65. The minimum Gasteiger partial charge on any atom is -0.491 e. The van der Waals surface area contributed by atoms with Gasteiger partial charge in [0.15, 0.2) is 5.69 Å². The zero-order valence-electron chi connectivity index (χ0n) is 18.7. The summed E-state index contributed by atoms with van der Waals surface area (Å²) in [6.07, 6.45) is 0.979. The molecule has 178 valence electrons. The molecule has 1 aliphatic heterocycles. The number of amides is 2. The Morgan fingerprint density at radius 2 is 1.91 bits per heavy atom. The third-order valence-electron chi connectivity index (χ3n) is 5.04. The zero-order valence-corrected chi connectivity index (χ0v) is 19.5. The molecule has 1 N–H and O–H groups in total. The molecule has 2 heterocycles. The number of aryl methyl sites for hydroxylation is 1. The molecule has 0 aliphatic carbocycles. The summed E-state index contributed by atoms with van der Waals surface area (Å²) in [5.41, 5.74) is 3.41. The lowest BCUT2D eigenvalue weighted by molar-refractivity contribution is -0.118. The van der Waals surface area contributed by atoms with E-state index >= 15 is 0 Å². The Kier molecular flexibility index (Phi) is 6.66. The van der Waals surface area contributed by atoms with Gasteiger partial charge in [0.25, 0.3) is 16.0 Å². The van der Waals surface area contributed by atoms with Gasteiger partial charge in [-0.15, -0.1) is 0 Å². The van der Waals surface area contributed by atoms with Crippen LogP contribution in [0.25, 0.3) is 16.9 Å². The SMILES string of the molecule is Cc1cccc(-n2nc(C(=O)N3CNC(=O)C3)cc2-c2cccc(OCCOS(C)(=O)=O)c2)c1. The summed E-state index contributed by atoms with van der Waals surface area (Å²) >= 11 is 0. The predicted molar refractivity (Wildman–Crippen MR) is 124 cm³/mol. The van der Waals surface area contributed by atoms with Crippen molar-refractivity contribution >= 4 is 21.9 Å². The molecule has 1 saturated heterocycles. The highest BCUT2D eigenvalue weighted by atomic mass is 32.2. The first-order valence-corrected chi connectivity index (χ1v) is 12.3. The first-order valence-electron chi connectivity index (χ1n) is 10.5. The van der Waals surface area contributed by atoms with Gasteiger partial charge in [0, 0.05) is 5.56 Å². The Morgan fingerprint density at radius 1 is 1.12 bits per heavy atom. The molecular weight excluding hydrogens is 460 g/mol. The Bertz CT molecular complexity index is 1330. The molecule has 0 unspecified atom stereocenters. The number of carbonyl (C=O) groups is 2. The van der Waals surface area contributed by atoms with Crippen molar-refractivity contribution in [1.29, 1.82) is 0 Å². The van der Waals surface area contributed by atoms with E-state index in [1.165, 1.54) is 4.90 Å². The zero-order chi connectivity index (χ0) is 24.3. The third-order valence-corrected chi connectivity index (χ3v) is 5.64. The van der Waals surface area contributed by atoms with Crippen LogP contribution in [-0.2, 0) is 19.1 Å². The van der Waals surface area contributed by atoms with E-state index in [9.17, 15) is 18.0 Å². The average Bonchev–Trinajstić information content (AvgIpc) is 3.43. The minimum atomic E-state index is -3.54. The molecule has 3 aromatic rings. The van der Waals surface area contributed by atoms with Crippen molar-refractivity contribution in [2.45, 2.75) is 6.92 Å². The lowest BCUT2D eigenvalue weighted by atomic mass is 10.1. The predicted octanol–water partition coefficient (Wildman–Crippen LogP) is 1.73. The van der Waals surface area contributed by atoms with Gasteiger partial charge in [-0.2, -0.15) is 13.5 Å². The van der Waals surface area contributed by atoms with Gasteiger partial charge in [-0.25, -0.2) is 4.68 Å². The van der Waals surface area contributed by atoms with Crippen LogP contribution in [0.1, 0.15) is 16.1 Å². The molecule has 2 amide bonds. The number of carbonyl (C=O) groups excluding carboxylic acids is 2. The van der Waals surface area contributed by atoms with Crippen LogP contribution in [0, 0.1) is 6.92 Å². The molecule has 11 heteroatoms. The molecule has 1 aliphatic rings. The van der Waals surface area contributed by atoms with Crippen LogP contribution in [0.2, 0.25) is 0 Å². The molecule has 0 radical (unpaired) electrons. The maximum Gasteiger partial charge on any atom is 0.276 e. The van der Waals surface area contributed by atoms with E-state index in [1.54, 1.807) is 28.9 Å². The van der Waals surface area contributed by atoms with Gasteiger partial charge in [-0.05, 0) is 42.8 Å². The molecule has 0 atom stereocenters. The van der Waals surface area contributed by atoms with Gasteiger partial charge >= 0.3 is 0 Å². The van der Waals surface area contributed by atoms with Crippen LogP contribution >= 0.6 is 0 Å². The number of benzene rings is 2. The molecule has 0 bridgehead atoms. The first-order chi connectivity index (χ1) is 16.2. The van der Waals surface area contributed by atoms with E-state index in [1.807, 2.05) is 37.3 Å². The van der Waals surface area contributed by atoms with Crippen LogP contribution in [0.4, 0.5) is 0 Å². The number of nitrogens with one attached hydrogen (secondary N) is 1. The van der Waals surface area contributed by atoms with E-state index in [0.717, 1.165) is 23.1 Å². The van der Waals surface area contributed by atoms with Crippen molar-refractivity contribution in [3.05, 3.63) is 65.9 Å². The first kappa shape index (κ1) is 23.5. The topological polar surface area (TPSA) is 120 Å². The van der Waals surface area contributed by atoms with E-state index < -0.39 is 10.1 Å². The molecular formula is C23H24N4O6S. The fourth-order valence-electron chi connectivity index (χ4n) is 3.51. The van der Waals surface area contributed by atoms with Crippen molar-refractivity contribution in [1.82, 2.24) is 20.0 Å². The maximum absolute atomic E-state index is 13.0. The number of hydrogen-bond donors (Lipinski definition) is 1. The number of aromatic nitrogens is 2. The summed E-state index contributed by atoms with van der Waals surface area (Å²) in [5, 5.41) is 7.18. The van der Waals surface area contributed by atoms with Gasteiger partial charge in [-0.3, -0.25) is 13.8 Å². The lowest BCUT2D eigenvalue weighted by Gasteiger charge is -2.11. The number of nitrogens with zero attached hydrogens (tertiary/aromatic N) is 3. The molecule has 2 aromatic carbocycles. The van der Waals surface area contributed by atoms with Crippen LogP contribution in [-0.4, -0.2) is 67.6 Å². The van der Waals surface area contributed by atoms with Gasteiger partial charge < -0.3 is 15.0 Å². The highest BCUT2D eigenvalue weighted by Gasteiger charge is 2.27. The molecule has 10 nitrogen and oxygen atoms in total. The second-order valence-corrected chi connectivity index (χ2v) is 9.47. The Balaban J connectivity index is 1.65.